The zero-order valence-corrected chi connectivity index (χ0v) is 8.88. The summed E-state index contributed by atoms with van der Waals surface area (Å²) in [5, 5.41) is 19.3. The van der Waals surface area contributed by atoms with Crippen molar-refractivity contribution in [2.45, 2.75) is 12.5 Å². The minimum atomic E-state index is -0.525. The lowest BCUT2D eigenvalue weighted by atomic mass is 10.0. The summed E-state index contributed by atoms with van der Waals surface area (Å²) < 4.78 is 0. The van der Waals surface area contributed by atoms with Crippen molar-refractivity contribution >= 4 is 0 Å². The van der Waals surface area contributed by atoms with Crippen LogP contribution in [0.5, 0.6) is 5.75 Å². The van der Waals surface area contributed by atoms with E-state index >= 15 is 0 Å². The third-order valence-electron chi connectivity index (χ3n) is 2.52. The molecule has 2 heteroatoms. The van der Waals surface area contributed by atoms with Gasteiger partial charge in [-0.25, -0.2) is 0 Å². The van der Waals surface area contributed by atoms with Crippen molar-refractivity contribution in [1.82, 2.24) is 0 Å². The van der Waals surface area contributed by atoms with Crippen molar-refractivity contribution in [2.24, 2.45) is 0 Å². The highest BCUT2D eigenvalue weighted by Crippen LogP contribution is 2.20. The summed E-state index contributed by atoms with van der Waals surface area (Å²) in [6.45, 7) is 0. The highest BCUT2D eigenvalue weighted by Gasteiger charge is 2.07. The van der Waals surface area contributed by atoms with E-state index < -0.39 is 6.10 Å². The Bertz CT molecular complexity index is 451. The van der Waals surface area contributed by atoms with Crippen molar-refractivity contribution in [3.63, 3.8) is 0 Å². The van der Waals surface area contributed by atoms with Gasteiger partial charge in [0.2, 0.25) is 0 Å². The predicted octanol–water partition coefficient (Wildman–Crippen LogP) is 2.67. The molecule has 0 amide bonds. The zero-order chi connectivity index (χ0) is 11.4. The molecule has 0 heterocycles. The standard InChI is InChI=1S/C14H14O2/c15-13-8-4-5-11(9-13)10-14(16)12-6-2-1-3-7-12/h1-9,14-16H,10H2. The third-order valence-corrected chi connectivity index (χ3v) is 2.52. The van der Waals surface area contributed by atoms with Gasteiger partial charge in [-0.1, -0.05) is 42.5 Å². The molecule has 0 radical (unpaired) electrons. The average molecular weight is 214 g/mol. The number of hydrogen-bond donors (Lipinski definition) is 2. The first kappa shape index (κ1) is 10.7. The van der Waals surface area contributed by atoms with Crippen LogP contribution in [0.2, 0.25) is 0 Å². The molecule has 2 rings (SSSR count). The lowest BCUT2D eigenvalue weighted by Gasteiger charge is -2.10. The fraction of sp³-hybridized carbons (Fsp3) is 0.143. The molecule has 2 aromatic rings. The first-order chi connectivity index (χ1) is 7.75. The van der Waals surface area contributed by atoms with Crippen LogP contribution in [-0.4, -0.2) is 10.2 Å². The van der Waals surface area contributed by atoms with E-state index in [4.69, 9.17) is 0 Å². The molecule has 16 heavy (non-hydrogen) atoms. The van der Waals surface area contributed by atoms with Crippen molar-refractivity contribution in [3.8, 4) is 5.75 Å². The maximum atomic E-state index is 9.98. The quantitative estimate of drug-likeness (QED) is 0.824. The minimum Gasteiger partial charge on any atom is -0.508 e. The third kappa shape index (κ3) is 2.61. The molecule has 1 atom stereocenters. The van der Waals surface area contributed by atoms with Crippen LogP contribution < -0.4 is 0 Å². The van der Waals surface area contributed by atoms with Gasteiger partial charge in [0.1, 0.15) is 5.75 Å². The van der Waals surface area contributed by atoms with E-state index in [1.165, 1.54) is 0 Å². The van der Waals surface area contributed by atoms with Crippen molar-refractivity contribution in [1.29, 1.82) is 0 Å². The molecule has 0 bridgehead atoms. The van der Waals surface area contributed by atoms with E-state index in [9.17, 15) is 10.2 Å². The van der Waals surface area contributed by atoms with Gasteiger partial charge in [0.25, 0.3) is 0 Å². The van der Waals surface area contributed by atoms with Crippen LogP contribution in [0, 0.1) is 0 Å². The van der Waals surface area contributed by atoms with Crippen LogP contribution in [0.4, 0.5) is 0 Å². The molecule has 82 valence electrons. The molecule has 0 aromatic heterocycles. The Morgan fingerprint density at radius 3 is 2.38 bits per heavy atom. The summed E-state index contributed by atoms with van der Waals surface area (Å²) in [4.78, 5) is 0. The maximum absolute atomic E-state index is 9.98. The van der Waals surface area contributed by atoms with Crippen LogP contribution >= 0.6 is 0 Å². The van der Waals surface area contributed by atoms with Gasteiger partial charge in [-0.2, -0.15) is 0 Å². The molecule has 1 unspecified atom stereocenters. The van der Waals surface area contributed by atoms with Crippen molar-refractivity contribution in [2.75, 3.05) is 0 Å². The molecule has 0 saturated heterocycles. The minimum absolute atomic E-state index is 0.234. The Hall–Kier alpha value is -1.80. The zero-order valence-electron chi connectivity index (χ0n) is 8.88. The molecule has 2 N–H and O–H groups in total. The molecule has 0 fully saturated rings. The van der Waals surface area contributed by atoms with Gasteiger partial charge in [-0.3, -0.25) is 0 Å². The number of aliphatic hydroxyl groups excluding tert-OH is 1. The second-order valence-corrected chi connectivity index (χ2v) is 3.80. The van der Waals surface area contributed by atoms with E-state index in [0.29, 0.717) is 6.42 Å². The summed E-state index contributed by atoms with van der Waals surface area (Å²) in [6.07, 6.45) is -0.0127. The second-order valence-electron chi connectivity index (χ2n) is 3.80. The largest absolute Gasteiger partial charge is 0.508 e. The number of phenols is 1. The number of rotatable bonds is 3. The Morgan fingerprint density at radius 1 is 0.938 bits per heavy atom. The number of benzene rings is 2. The number of aliphatic hydroxyl groups is 1. The van der Waals surface area contributed by atoms with Gasteiger partial charge in [0.15, 0.2) is 0 Å². The van der Waals surface area contributed by atoms with Crippen LogP contribution in [0.25, 0.3) is 0 Å². The van der Waals surface area contributed by atoms with Crippen molar-refractivity contribution < 1.29 is 10.2 Å². The molecule has 0 spiro atoms. The Kier molecular flexibility index (Phi) is 3.22. The topological polar surface area (TPSA) is 40.5 Å². The van der Waals surface area contributed by atoms with Crippen molar-refractivity contribution in [3.05, 3.63) is 65.7 Å². The summed E-state index contributed by atoms with van der Waals surface area (Å²) in [5.74, 6) is 0.234. The van der Waals surface area contributed by atoms with E-state index in [1.807, 2.05) is 36.4 Å². The first-order valence-corrected chi connectivity index (χ1v) is 5.26. The Morgan fingerprint density at radius 2 is 1.69 bits per heavy atom. The summed E-state index contributed by atoms with van der Waals surface area (Å²) in [7, 11) is 0. The molecule has 0 aliphatic carbocycles. The molecule has 0 aliphatic rings. The SMILES string of the molecule is Oc1cccc(CC(O)c2ccccc2)c1. The predicted molar refractivity (Wildman–Crippen MR) is 63.2 cm³/mol. The molecule has 2 nitrogen and oxygen atoms in total. The number of aromatic hydroxyl groups is 1. The first-order valence-electron chi connectivity index (χ1n) is 5.26. The Balaban J connectivity index is 2.11. The fourth-order valence-electron chi connectivity index (χ4n) is 1.70. The van der Waals surface area contributed by atoms with E-state index in [2.05, 4.69) is 0 Å². The average Bonchev–Trinajstić information content (AvgIpc) is 2.30. The van der Waals surface area contributed by atoms with Gasteiger partial charge in [0.05, 0.1) is 6.10 Å². The van der Waals surface area contributed by atoms with Gasteiger partial charge in [-0.15, -0.1) is 0 Å². The van der Waals surface area contributed by atoms with Gasteiger partial charge >= 0.3 is 0 Å². The van der Waals surface area contributed by atoms with E-state index in [0.717, 1.165) is 11.1 Å². The summed E-state index contributed by atoms with van der Waals surface area (Å²) >= 11 is 0. The van der Waals surface area contributed by atoms with Gasteiger partial charge in [0, 0.05) is 6.42 Å². The highest BCUT2D eigenvalue weighted by atomic mass is 16.3. The molecular formula is C14H14O2. The number of hydrogen-bond acceptors (Lipinski definition) is 2. The smallest absolute Gasteiger partial charge is 0.115 e. The van der Waals surface area contributed by atoms with Gasteiger partial charge < -0.3 is 10.2 Å². The Labute approximate surface area is 94.8 Å². The lowest BCUT2D eigenvalue weighted by Crippen LogP contribution is -2.01. The van der Waals surface area contributed by atoms with Crippen LogP contribution in [0.3, 0.4) is 0 Å². The summed E-state index contributed by atoms with van der Waals surface area (Å²) in [5.41, 5.74) is 1.82. The molecule has 0 aliphatic heterocycles. The molecule has 0 saturated carbocycles. The van der Waals surface area contributed by atoms with Crippen LogP contribution in [0.1, 0.15) is 17.2 Å². The lowest BCUT2D eigenvalue weighted by molar-refractivity contribution is 0.178. The van der Waals surface area contributed by atoms with Crippen LogP contribution in [-0.2, 0) is 6.42 Å². The molecular weight excluding hydrogens is 200 g/mol. The summed E-state index contributed by atoms with van der Waals surface area (Å²) in [6, 6.07) is 16.5. The van der Waals surface area contributed by atoms with E-state index in [1.54, 1.807) is 18.2 Å². The fourth-order valence-corrected chi connectivity index (χ4v) is 1.70. The monoisotopic (exact) mass is 214 g/mol. The number of phenolic OH excluding ortho intramolecular Hbond substituents is 1. The van der Waals surface area contributed by atoms with Crippen LogP contribution in [0.15, 0.2) is 54.6 Å². The highest BCUT2D eigenvalue weighted by molar-refractivity contribution is 5.29. The van der Waals surface area contributed by atoms with E-state index in [-0.39, 0.29) is 5.75 Å². The normalized spacial score (nSPS) is 12.3. The maximum Gasteiger partial charge on any atom is 0.115 e. The second kappa shape index (κ2) is 4.81. The molecule has 2 aromatic carbocycles. The van der Waals surface area contributed by atoms with Gasteiger partial charge in [-0.05, 0) is 23.3 Å².